The SMILES string of the molecule is COC(=O)/C(=C\N(C)C)S(=O)(=O)c1cccnc1Cl. The Morgan fingerprint density at radius 3 is 2.58 bits per heavy atom. The molecule has 0 aliphatic heterocycles. The normalized spacial score (nSPS) is 12.1. The van der Waals surface area contributed by atoms with E-state index in [0.29, 0.717) is 0 Å². The lowest BCUT2D eigenvalue weighted by molar-refractivity contribution is -0.135. The highest BCUT2D eigenvalue weighted by atomic mass is 35.5. The van der Waals surface area contributed by atoms with E-state index in [-0.39, 0.29) is 10.0 Å². The van der Waals surface area contributed by atoms with Crippen LogP contribution in [0.1, 0.15) is 0 Å². The molecule has 0 N–H and O–H groups in total. The molecule has 0 spiro atoms. The largest absolute Gasteiger partial charge is 0.465 e. The van der Waals surface area contributed by atoms with E-state index in [0.717, 1.165) is 13.3 Å². The van der Waals surface area contributed by atoms with Crippen LogP contribution in [-0.2, 0) is 19.4 Å². The summed E-state index contributed by atoms with van der Waals surface area (Å²) >= 11 is 5.75. The van der Waals surface area contributed by atoms with Crippen molar-refractivity contribution in [1.29, 1.82) is 0 Å². The number of nitrogens with zero attached hydrogens (tertiary/aromatic N) is 2. The molecule has 0 atom stereocenters. The van der Waals surface area contributed by atoms with Gasteiger partial charge in [-0.25, -0.2) is 18.2 Å². The minimum atomic E-state index is -4.09. The van der Waals surface area contributed by atoms with Gasteiger partial charge in [0.05, 0.1) is 7.11 Å². The van der Waals surface area contributed by atoms with Crippen molar-refractivity contribution in [3.8, 4) is 0 Å². The highest BCUT2D eigenvalue weighted by Crippen LogP contribution is 2.25. The number of sulfone groups is 1. The van der Waals surface area contributed by atoms with Crippen molar-refractivity contribution in [3.05, 3.63) is 34.6 Å². The predicted octanol–water partition coefficient (Wildman–Crippen LogP) is 1.08. The predicted molar refractivity (Wildman–Crippen MR) is 70.2 cm³/mol. The summed E-state index contributed by atoms with van der Waals surface area (Å²) in [5, 5.41) is -0.198. The van der Waals surface area contributed by atoms with Gasteiger partial charge in [-0.05, 0) is 12.1 Å². The van der Waals surface area contributed by atoms with Gasteiger partial charge >= 0.3 is 5.97 Å². The Balaban J connectivity index is 3.46. The number of halogens is 1. The number of hydrogen-bond acceptors (Lipinski definition) is 6. The summed E-state index contributed by atoms with van der Waals surface area (Å²) in [5.74, 6) is -0.964. The maximum absolute atomic E-state index is 12.4. The second-order valence-corrected chi connectivity index (χ2v) is 5.99. The van der Waals surface area contributed by atoms with Crippen LogP contribution in [0.25, 0.3) is 0 Å². The summed E-state index contributed by atoms with van der Waals surface area (Å²) in [5.41, 5.74) is 0. The smallest absolute Gasteiger partial charge is 0.351 e. The first kappa shape index (κ1) is 15.5. The zero-order chi connectivity index (χ0) is 14.6. The zero-order valence-electron chi connectivity index (χ0n) is 10.6. The van der Waals surface area contributed by atoms with E-state index in [9.17, 15) is 13.2 Å². The average molecular weight is 305 g/mol. The molecule has 104 valence electrons. The van der Waals surface area contributed by atoms with Gasteiger partial charge in [-0.3, -0.25) is 0 Å². The molecule has 0 bridgehead atoms. The fourth-order valence-electron chi connectivity index (χ4n) is 1.26. The number of aromatic nitrogens is 1. The molecule has 1 aromatic heterocycles. The summed E-state index contributed by atoms with van der Waals surface area (Å²) in [7, 11) is 0.189. The molecule has 1 aromatic rings. The van der Waals surface area contributed by atoms with E-state index in [1.165, 1.54) is 23.2 Å². The minimum Gasteiger partial charge on any atom is -0.465 e. The van der Waals surface area contributed by atoms with Crippen LogP contribution in [0.2, 0.25) is 5.15 Å². The first-order valence-electron chi connectivity index (χ1n) is 5.13. The van der Waals surface area contributed by atoms with Crippen molar-refractivity contribution >= 4 is 27.4 Å². The first-order chi connectivity index (χ1) is 8.80. The van der Waals surface area contributed by atoms with Crippen molar-refractivity contribution in [2.45, 2.75) is 4.90 Å². The molecule has 0 radical (unpaired) electrons. The Bertz CT molecular complexity index is 611. The number of pyridine rings is 1. The Hall–Kier alpha value is -1.60. The lowest BCUT2D eigenvalue weighted by atomic mass is 10.5. The van der Waals surface area contributed by atoms with E-state index >= 15 is 0 Å². The van der Waals surface area contributed by atoms with E-state index < -0.39 is 20.7 Å². The average Bonchev–Trinajstić information content (AvgIpc) is 2.35. The lowest BCUT2D eigenvalue weighted by Crippen LogP contribution is -2.19. The molecule has 0 saturated carbocycles. The third-order valence-electron chi connectivity index (χ3n) is 2.07. The van der Waals surface area contributed by atoms with Gasteiger partial charge in [0.15, 0.2) is 4.91 Å². The van der Waals surface area contributed by atoms with Gasteiger partial charge in [0, 0.05) is 26.5 Å². The van der Waals surface area contributed by atoms with Crippen molar-refractivity contribution < 1.29 is 17.9 Å². The van der Waals surface area contributed by atoms with Gasteiger partial charge in [0.2, 0.25) is 9.84 Å². The van der Waals surface area contributed by atoms with Crippen molar-refractivity contribution in [2.24, 2.45) is 0 Å². The van der Waals surface area contributed by atoms with Crippen LogP contribution in [0, 0.1) is 0 Å². The molecule has 0 aliphatic rings. The molecule has 0 amide bonds. The Morgan fingerprint density at radius 2 is 2.11 bits per heavy atom. The number of hydrogen-bond donors (Lipinski definition) is 0. The molecule has 0 saturated heterocycles. The molecular formula is C11H13ClN2O4S. The second kappa shape index (κ2) is 6.03. The molecule has 0 fully saturated rings. The fraction of sp³-hybridized carbons (Fsp3) is 0.273. The number of carbonyl (C=O) groups excluding carboxylic acids is 1. The molecular weight excluding hydrogens is 292 g/mol. The molecule has 0 aromatic carbocycles. The summed E-state index contributed by atoms with van der Waals surface area (Å²) in [6.07, 6.45) is 2.51. The highest BCUT2D eigenvalue weighted by molar-refractivity contribution is 7.96. The number of carbonyl (C=O) groups is 1. The number of ether oxygens (including phenoxy) is 1. The molecule has 19 heavy (non-hydrogen) atoms. The number of rotatable bonds is 4. The molecule has 1 heterocycles. The van der Waals surface area contributed by atoms with Gasteiger partial charge in [-0.1, -0.05) is 11.6 Å². The van der Waals surface area contributed by atoms with Gasteiger partial charge in [-0.2, -0.15) is 0 Å². The van der Waals surface area contributed by atoms with E-state index in [4.69, 9.17) is 11.6 Å². The number of esters is 1. The van der Waals surface area contributed by atoms with Gasteiger partial charge in [-0.15, -0.1) is 0 Å². The second-order valence-electron chi connectivity index (χ2n) is 3.74. The molecule has 8 heteroatoms. The van der Waals surface area contributed by atoms with Crippen LogP contribution in [0.15, 0.2) is 34.3 Å². The number of methoxy groups -OCH3 is 1. The van der Waals surface area contributed by atoms with Crippen LogP contribution in [0.5, 0.6) is 0 Å². The van der Waals surface area contributed by atoms with E-state index in [1.807, 2.05) is 0 Å². The zero-order valence-corrected chi connectivity index (χ0v) is 12.2. The van der Waals surface area contributed by atoms with Crippen LogP contribution in [0.3, 0.4) is 0 Å². The summed E-state index contributed by atoms with van der Waals surface area (Å²) in [6.45, 7) is 0. The lowest BCUT2D eigenvalue weighted by Gasteiger charge is -2.11. The maximum Gasteiger partial charge on any atom is 0.351 e. The Morgan fingerprint density at radius 1 is 1.47 bits per heavy atom. The van der Waals surface area contributed by atoms with Crippen LogP contribution in [-0.4, -0.2) is 45.5 Å². The van der Waals surface area contributed by atoms with Crippen molar-refractivity contribution in [2.75, 3.05) is 21.2 Å². The molecule has 0 unspecified atom stereocenters. The third-order valence-corrected chi connectivity index (χ3v) is 4.24. The van der Waals surface area contributed by atoms with Gasteiger partial charge < -0.3 is 9.64 Å². The van der Waals surface area contributed by atoms with Gasteiger partial charge in [0.25, 0.3) is 0 Å². The van der Waals surface area contributed by atoms with Crippen molar-refractivity contribution in [1.82, 2.24) is 9.88 Å². The molecule has 0 aliphatic carbocycles. The van der Waals surface area contributed by atoms with Crippen LogP contribution >= 0.6 is 11.6 Å². The maximum atomic E-state index is 12.4. The quantitative estimate of drug-likeness (QED) is 0.471. The van der Waals surface area contributed by atoms with Crippen molar-refractivity contribution in [3.63, 3.8) is 0 Å². The molecule has 6 nitrogen and oxygen atoms in total. The molecule has 1 rings (SSSR count). The summed E-state index contributed by atoms with van der Waals surface area (Å²) < 4.78 is 29.2. The Labute approximate surface area is 116 Å². The summed E-state index contributed by atoms with van der Waals surface area (Å²) in [4.78, 5) is 16.0. The van der Waals surface area contributed by atoms with Crippen LogP contribution < -0.4 is 0 Å². The van der Waals surface area contributed by atoms with Crippen LogP contribution in [0.4, 0.5) is 0 Å². The van der Waals surface area contributed by atoms with E-state index in [2.05, 4.69) is 9.72 Å². The minimum absolute atomic E-state index is 0.198. The Kier molecular flexibility index (Phi) is 4.90. The highest BCUT2D eigenvalue weighted by Gasteiger charge is 2.30. The monoisotopic (exact) mass is 304 g/mol. The third kappa shape index (κ3) is 3.45. The fourth-order valence-corrected chi connectivity index (χ4v) is 3.10. The first-order valence-corrected chi connectivity index (χ1v) is 6.99. The topological polar surface area (TPSA) is 76.6 Å². The van der Waals surface area contributed by atoms with E-state index in [1.54, 1.807) is 14.1 Å². The standard InChI is InChI=1S/C11H13ClN2O4S/c1-14(2)7-9(11(15)18-3)19(16,17)8-5-4-6-13-10(8)12/h4-7H,1-3H3/b9-7+. The summed E-state index contributed by atoms with van der Waals surface area (Å²) in [6, 6.07) is 2.69. The van der Waals surface area contributed by atoms with Gasteiger partial charge in [0.1, 0.15) is 10.0 Å².